The van der Waals surface area contributed by atoms with Gasteiger partial charge in [0.15, 0.2) is 5.82 Å². The van der Waals surface area contributed by atoms with Crippen molar-refractivity contribution < 1.29 is 23.5 Å². The molecule has 1 saturated carbocycles. The van der Waals surface area contributed by atoms with Crippen LogP contribution >= 0.6 is 0 Å². The van der Waals surface area contributed by atoms with Gasteiger partial charge in [-0.3, -0.25) is 4.79 Å². The van der Waals surface area contributed by atoms with Crippen molar-refractivity contribution in [1.82, 2.24) is 4.57 Å². The summed E-state index contributed by atoms with van der Waals surface area (Å²) in [6, 6.07) is 0.824. The van der Waals surface area contributed by atoms with Crippen LogP contribution in [-0.4, -0.2) is 48.1 Å². The van der Waals surface area contributed by atoms with Crippen LogP contribution in [0.5, 0.6) is 0 Å². The number of pyridine rings is 1. The van der Waals surface area contributed by atoms with E-state index in [1.54, 1.807) is 4.90 Å². The lowest BCUT2D eigenvalue weighted by Crippen LogP contribution is -2.52. The summed E-state index contributed by atoms with van der Waals surface area (Å²) >= 11 is 0. The van der Waals surface area contributed by atoms with Gasteiger partial charge in [0, 0.05) is 43.7 Å². The molecule has 0 bridgehead atoms. The molecule has 2 aromatic rings. The zero-order chi connectivity index (χ0) is 22.5. The van der Waals surface area contributed by atoms with E-state index in [0.717, 1.165) is 24.6 Å². The van der Waals surface area contributed by atoms with Gasteiger partial charge in [0.25, 0.3) is 0 Å². The summed E-state index contributed by atoms with van der Waals surface area (Å²) < 4.78 is 32.4. The summed E-state index contributed by atoms with van der Waals surface area (Å²) in [5.74, 6) is -3.22. The number of hydrogen-bond acceptors (Lipinski definition) is 6. The molecule has 1 aromatic heterocycles. The zero-order valence-electron chi connectivity index (χ0n) is 17.3. The first-order chi connectivity index (χ1) is 14.7. The van der Waals surface area contributed by atoms with Crippen molar-refractivity contribution in [3.05, 3.63) is 39.7 Å². The Morgan fingerprint density at radius 2 is 2.13 bits per heavy atom. The van der Waals surface area contributed by atoms with Crippen LogP contribution in [0.25, 0.3) is 10.9 Å². The van der Waals surface area contributed by atoms with Gasteiger partial charge in [-0.1, -0.05) is 12.1 Å². The summed E-state index contributed by atoms with van der Waals surface area (Å²) in [7, 11) is 1.43. The number of nitrogens with two attached hydrogens (primary N) is 1. The first-order valence-corrected chi connectivity index (χ1v) is 10.1. The fraction of sp³-hybridized carbons (Fsp3) is 0.476. The topological polar surface area (TPSA) is 110 Å². The van der Waals surface area contributed by atoms with Gasteiger partial charge < -0.3 is 25.1 Å². The smallest absolute Gasteiger partial charge is 0.341 e. The van der Waals surface area contributed by atoms with E-state index in [2.05, 4.69) is 5.16 Å². The second-order valence-corrected chi connectivity index (χ2v) is 8.39. The van der Waals surface area contributed by atoms with Gasteiger partial charge in [0.2, 0.25) is 5.43 Å². The number of nitrogens with zero attached hydrogens (tertiary/aromatic N) is 3. The number of carboxylic acids is 1. The Morgan fingerprint density at radius 3 is 2.71 bits per heavy atom. The molecule has 31 heavy (non-hydrogen) atoms. The monoisotopic (exact) mass is 434 g/mol. The maximum Gasteiger partial charge on any atom is 0.341 e. The number of carbonyl (C=O) groups is 1. The molecule has 1 unspecified atom stereocenters. The van der Waals surface area contributed by atoms with Gasteiger partial charge in [-0.15, -0.1) is 0 Å². The van der Waals surface area contributed by atoms with Crippen molar-refractivity contribution >= 4 is 28.3 Å². The number of aromatic nitrogens is 1. The summed E-state index contributed by atoms with van der Waals surface area (Å²) in [5, 5.41) is 13.1. The van der Waals surface area contributed by atoms with E-state index in [1.807, 2.05) is 6.92 Å². The second kappa shape index (κ2) is 7.60. The van der Waals surface area contributed by atoms with E-state index in [0.29, 0.717) is 6.42 Å². The molecule has 2 heterocycles. The molecule has 1 atom stereocenters. The predicted octanol–water partition coefficient (Wildman–Crippen LogP) is 2.49. The number of aromatic carboxylic acids is 1. The summed E-state index contributed by atoms with van der Waals surface area (Å²) in [6.45, 7) is 2.56. The van der Waals surface area contributed by atoms with Crippen molar-refractivity contribution in [1.29, 1.82) is 0 Å². The number of hydrogen-bond donors (Lipinski definition) is 2. The number of piperidine rings is 1. The first-order valence-electron chi connectivity index (χ1n) is 10.1. The van der Waals surface area contributed by atoms with E-state index in [4.69, 9.17) is 10.6 Å². The van der Waals surface area contributed by atoms with Crippen LogP contribution in [0, 0.1) is 17.0 Å². The molecule has 1 saturated heterocycles. The fourth-order valence-electron chi connectivity index (χ4n) is 4.29. The molecule has 3 N–H and O–H groups in total. The normalized spacial score (nSPS) is 22.9. The van der Waals surface area contributed by atoms with Gasteiger partial charge >= 0.3 is 5.97 Å². The van der Waals surface area contributed by atoms with Crippen molar-refractivity contribution in [2.24, 2.45) is 16.3 Å². The summed E-state index contributed by atoms with van der Waals surface area (Å²) in [4.78, 5) is 30.6. The second-order valence-electron chi connectivity index (χ2n) is 8.39. The molecular weight excluding hydrogens is 410 g/mol. The minimum absolute atomic E-state index is 0.0697. The maximum absolute atomic E-state index is 15.8. The van der Waals surface area contributed by atoms with E-state index in [-0.39, 0.29) is 42.3 Å². The van der Waals surface area contributed by atoms with Crippen LogP contribution in [0.3, 0.4) is 0 Å². The van der Waals surface area contributed by atoms with Crippen LogP contribution in [0.15, 0.2) is 22.2 Å². The molecule has 0 spiro atoms. The van der Waals surface area contributed by atoms with Crippen LogP contribution in [0.4, 0.5) is 14.5 Å². The minimum Gasteiger partial charge on any atom is -0.477 e. The number of carboxylic acid groups (broad SMARTS) is 1. The quantitative estimate of drug-likeness (QED) is 0.700. The number of rotatable bonds is 5. The molecule has 1 aromatic carbocycles. The predicted molar refractivity (Wildman–Crippen MR) is 112 cm³/mol. The average molecular weight is 434 g/mol. The lowest BCUT2D eigenvalue weighted by Gasteiger charge is -2.41. The average Bonchev–Trinajstić information content (AvgIpc) is 3.56. The molecule has 10 heteroatoms. The van der Waals surface area contributed by atoms with E-state index < -0.39 is 34.0 Å². The highest BCUT2D eigenvalue weighted by Crippen LogP contribution is 2.40. The van der Waals surface area contributed by atoms with Gasteiger partial charge in [0.05, 0.1) is 16.6 Å². The molecule has 0 amide bonds. The molecule has 166 valence electrons. The highest BCUT2D eigenvalue weighted by Gasteiger charge is 2.39. The van der Waals surface area contributed by atoms with Gasteiger partial charge in [0.1, 0.15) is 24.2 Å². The third-order valence-electron chi connectivity index (χ3n) is 6.18. The van der Waals surface area contributed by atoms with Crippen molar-refractivity contribution in [3.8, 4) is 0 Å². The molecule has 1 aliphatic carbocycles. The SMILES string of the molecule is CO/N=C1/CCN(c2c(F)cc3c(=O)c(C(=O)O)cn(C4CC4)c3c2F)CC1(C)CN. The third kappa shape index (κ3) is 3.44. The van der Waals surface area contributed by atoms with Crippen LogP contribution in [0.1, 0.15) is 42.6 Å². The number of benzene rings is 1. The van der Waals surface area contributed by atoms with Gasteiger partial charge in [-0.25, -0.2) is 13.6 Å². The third-order valence-corrected chi connectivity index (χ3v) is 6.18. The highest BCUT2D eigenvalue weighted by molar-refractivity contribution is 5.95. The Kier molecular flexibility index (Phi) is 5.20. The largest absolute Gasteiger partial charge is 0.477 e. The van der Waals surface area contributed by atoms with Gasteiger partial charge in [-0.2, -0.15) is 0 Å². The Balaban J connectivity index is 1.90. The first kappa shape index (κ1) is 21.2. The molecule has 1 aliphatic heterocycles. The van der Waals surface area contributed by atoms with Crippen LogP contribution < -0.4 is 16.1 Å². The van der Waals surface area contributed by atoms with Crippen LogP contribution in [-0.2, 0) is 4.84 Å². The Hall–Kier alpha value is -3.01. The van der Waals surface area contributed by atoms with Crippen molar-refractivity contribution in [3.63, 3.8) is 0 Å². The van der Waals surface area contributed by atoms with E-state index in [1.165, 1.54) is 17.9 Å². The molecule has 0 radical (unpaired) electrons. The van der Waals surface area contributed by atoms with Crippen molar-refractivity contribution in [2.75, 3.05) is 31.6 Å². The zero-order valence-corrected chi connectivity index (χ0v) is 17.3. The Morgan fingerprint density at radius 1 is 1.42 bits per heavy atom. The number of anilines is 1. The van der Waals surface area contributed by atoms with E-state index in [9.17, 15) is 14.7 Å². The van der Waals surface area contributed by atoms with Gasteiger partial charge in [-0.05, 0) is 18.9 Å². The van der Waals surface area contributed by atoms with Crippen LogP contribution in [0.2, 0.25) is 0 Å². The molecule has 8 nitrogen and oxygen atoms in total. The van der Waals surface area contributed by atoms with Crippen molar-refractivity contribution in [2.45, 2.75) is 32.2 Å². The van der Waals surface area contributed by atoms with E-state index >= 15 is 8.78 Å². The fourth-order valence-corrected chi connectivity index (χ4v) is 4.29. The lowest BCUT2D eigenvalue weighted by atomic mass is 9.79. The Labute approximate surface area is 176 Å². The Bertz CT molecular complexity index is 1160. The standard InChI is InChI=1S/C21H24F2N4O4/c1-21(9-24)10-26(6-5-15(21)25-31-2)18-14(22)7-12-17(16(18)23)27(11-3-4-11)8-13(19(12)28)20(29)30/h7-8,11H,3-6,9-10,24H2,1-2H3,(H,29,30)/b25-15-. The number of oxime groups is 1. The summed E-state index contributed by atoms with van der Waals surface area (Å²) in [5.41, 5.74) is 4.30. The maximum atomic E-state index is 15.8. The lowest BCUT2D eigenvalue weighted by molar-refractivity contribution is 0.0694. The summed E-state index contributed by atoms with van der Waals surface area (Å²) in [6.07, 6.45) is 3.04. The molecule has 2 aliphatic rings. The number of fused-ring (bicyclic) bond motifs is 1. The molecular formula is C21H24F2N4O4. The number of halogens is 2. The molecule has 4 rings (SSSR count). The minimum atomic E-state index is -1.43. The molecule has 2 fully saturated rings. The highest BCUT2D eigenvalue weighted by atomic mass is 19.1.